The fraction of sp³-hybridized carbons (Fsp3) is 0.250. The van der Waals surface area contributed by atoms with E-state index in [1.807, 2.05) is 18.2 Å². The molecule has 1 atom stereocenters. The number of anilines is 1. The molecule has 2 aromatic carbocycles. The zero-order valence-electron chi connectivity index (χ0n) is 17.5. The second kappa shape index (κ2) is 7.33. The van der Waals surface area contributed by atoms with Crippen LogP contribution in [0.1, 0.15) is 35.9 Å². The van der Waals surface area contributed by atoms with Gasteiger partial charge in [0.15, 0.2) is 11.3 Å². The summed E-state index contributed by atoms with van der Waals surface area (Å²) in [4.78, 5) is 53.3. The Bertz CT molecular complexity index is 1250. The lowest BCUT2D eigenvalue weighted by molar-refractivity contribution is -0.131. The zero-order valence-corrected chi connectivity index (χ0v) is 17.5. The van der Waals surface area contributed by atoms with E-state index < -0.39 is 29.8 Å². The van der Waals surface area contributed by atoms with Gasteiger partial charge < -0.3 is 14.6 Å². The van der Waals surface area contributed by atoms with Crippen molar-refractivity contribution < 1.29 is 23.6 Å². The molecule has 2 fully saturated rings. The highest BCUT2D eigenvalue weighted by Gasteiger charge is 2.51. The van der Waals surface area contributed by atoms with Crippen LogP contribution in [-0.4, -0.2) is 41.6 Å². The minimum Gasteiger partial charge on any atom is -0.458 e. The molecule has 8 nitrogen and oxygen atoms in total. The maximum Gasteiger partial charge on any atom is 0.325 e. The van der Waals surface area contributed by atoms with Gasteiger partial charge in [0, 0.05) is 29.6 Å². The summed E-state index contributed by atoms with van der Waals surface area (Å²) >= 11 is 0. The minimum absolute atomic E-state index is 0.0188. The van der Waals surface area contributed by atoms with Crippen LogP contribution in [-0.2, 0) is 15.1 Å². The molecule has 2 aliphatic heterocycles. The fourth-order valence-electron chi connectivity index (χ4n) is 4.24. The molecule has 2 aliphatic rings. The summed E-state index contributed by atoms with van der Waals surface area (Å²) in [6.45, 7) is 1.77. The number of ketones is 1. The summed E-state index contributed by atoms with van der Waals surface area (Å²) in [5, 5.41) is 3.48. The average molecular weight is 431 g/mol. The average Bonchev–Trinajstić information content (AvgIpc) is 3.47. The highest BCUT2D eigenvalue weighted by Crippen LogP contribution is 2.33. The molecule has 32 heavy (non-hydrogen) atoms. The molecule has 1 aromatic heterocycles. The van der Waals surface area contributed by atoms with Gasteiger partial charge in [0.2, 0.25) is 5.91 Å². The Labute approximate surface area is 183 Å². The first-order chi connectivity index (χ1) is 15.4. The van der Waals surface area contributed by atoms with Crippen molar-refractivity contribution in [3.05, 3.63) is 65.9 Å². The van der Waals surface area contributed by atoms with Crippen LogP contribution >= 0.6 is 0 Å². The lowest BCUT2D eigenvalue weighted by atomic mass is 9.98. The van der Waals surface area contributed by atoms with Gasteiger partial charge in [-0.2, -0.15) is 0 Å². The standard InChI is InChI=1S/C24H21N3O5/c1-24(20-13-16-6-2-3-9-19(16)32-20)22(30)27(23(31)25-24)14-18(28)15-7-4-8-17(12-15)26-11-5-10-21(26)29/h2-4,6-9,12-13H,5,10-11,14H2,1H3,(H,25,31)/t24-/m1/s1. The molecule has 1 N–H and O–H groups in total. The Hall–Kier alpha value is -3.94. The van der Waals surface area contributed by atoms with Crippen LogP contribution in [0.4, 0.5) is 10.5 Å². The number of imide groups is 1. The number of urea groups is 1. The number of rotatable bonds is 5. The molecule has 0 unspecified atom stereocenters. The summed E-state index contributed by atoms with van der Waals surface area (Å²) in [5.74, 6) is -0.622. The number of furan rings is 1. The topological polar surface area (TPSA) is 99.9 Å². The van der Waals surface area contributed by atoms with Crippen molar-refractivity contribution in [1.82, 2.24) is 10.2 Å². The van der Waals surface area contributed by atoms with Crippen molar-refractivity contribution in [3.63, 3.8) is 0 Å². The maximum absolute atomic E-state index is 13.2. The lowest BCUT2D eigenvalue weighted by Crippen LogP contribution is -2.41. The first kappa shape index (κ1) is 20.0. The Morgan fingerprint density at radius 2 is 1.91 bits per heavy atom. The van der Waals surface area contributed by atoms with Gasteiger partial charge in [0.1, 0.15) is 11.3 Å². The van der Waals surface area contributed by atoms with Crippen LogP contribution in [0.5, 0.6) is 0 Å². The van der Waals surface area contributed by atoms with E-state index in [4.69, 9.17) is 4.42 Å². The second-order valence-corrected chi connectivity index (χ2v) is 8.22. The van der Waals surface area contributed by atoms with Gasteiger partial charge >= 0.3 is 6.03 Å². The highest BCUT2D eigenvalue weighted by atomic mass is 16.3. The Morgan fingerprint density at radius 3 is 2.66 bits per heavy atom. The van der Waals surface area contributed by atoms with Crippen molar-refractivity contribution in [1.29, 1.82) is 0 Å². The van der Waals surface area contributed by atoms with Crippen LogP contribution < -0.4 is 10.2 Å². The minimum atomic E-state index is -1.40. The van der Waals surface area contributed by atoms with Crippen molar-refractivity contribution in [2.24, 2.45) is 0 Å². The Kier molecular flexibility index (Phi) is 4.58. The van der Waals surface area contributed by atoms with Gasteiger partial charge in [-0.05, 0) is 37.6 Å². The van der Waals surface area contributed by atoms with Crippen LogP contribution in [0.3, 0.4) is 0 Å². The van der Waals surface area contributed by atoms with E-state index in [2.05, 4.69) is 5.32 Å². The molecule has 2 saturated heterocycles. The fourth-order valence-corrected chi connectivity index (χ4v) is 4.24. The third-order valence-electron chi connectivity index (χ3n) is 6.05. The summed E-state index contributed by atoms with van der Waals surface area (Å²) in [6, 6.07) is 15.1. The number of hydrogen-bond acceptors (Lipinski definition) is 5. The molecule has 0 spiro atoms. The van der Waals surface area contributed by atoms with Gasteiger partial charge in [0.25, 0.3) is 5.91 Å². The van der Waals surface area contributed by atoms with Crippen LogP contribution in [0.2, 0.25) is 0 Å². The SMILES string of the molecule is C[C@]1(c2cc3ccccc3o2)NC(=O)N(CC(=O)c2cccc(N3CCCC3=O)c2)C1=O. The second-order valence-electron chi connectivity index (χ2n) is 8.22. The highest BCUT2D eigenvalue weighted by molar-refractivity contribution is 6.11. The summed E-state index contributed by atoms with van der Waals surface area (Å²) in [6.07, 6.45) is 1.26. The van der Waals surface area contributed by atoms with Crippen molar-refractivity contribution >= 4 is 40.3 Å². The van der Waals surface area contributed by atoms with E-state index in [0.29, 0.717) is 35.6 Å². The number of fused-ring (bicyclic) bond motifs is 1. The quantitative estimate of drug-likeness (QED) is 0.494. The molecular weight excluding hydrogens is 410 g/mol. The number of Topliss-reactive ketones (excluding diaryl/α,β-unsaturated/α-hetero) is 1. The predicted octanol–water partition coefficient (Wildman–Crippen LogP) is 3.21. The number of para-hydroxylation sites is 1. The maximum atomic E-state index is 13.2. The Morgan fingerprint density at radius 1 is 1.09 bits per heavy atom. The number of carbonyl (C=O) groups excluding carboxylic acids is 4. The first-order valence-corrected chi connectivity index (χ1v) is 10.4. The molecular formula is C24H21N3O5. The number of nitrogens with one attached hydrogen (secondary N) is 1. The summed E-state index contributed by atoms with van der Waals surface area (Å²) in [7, 11) is 0. The van der Waals surface area contributed by atoms with E-state index in [1.165, 1.54) is 0 Å². The predicted molar refractivity (Wildman–Crippen MR) is 116 cm³/mol. The van der Waals surface area contributed by atoms with Crippen LogP contribution in [0, 0.1) is 0 Å². The number of nitrogens with zero attached hydrogens (tertiary/aromatic N) is 2. The molecule has 4 amide bonds. The number of benzene rings is 2. The molecule has 162 valence electrons. The largest absolute Gasteiger partial charge is 0.458 e. The van der Waals surface area contributed by atoms with E-state index in [0.717, 1.165) is 16.7 Å². The van der Waals surface area contributed by atoms with Gasteiger partial charge in [-0.1, -0.05) is 30.3 Å². The molecule has 0 radical (unpaired) electrons. The molecule has 0 saturated carbocycles. The normalized spacial score (nSPS) is 21.0. The molecule has 0 bridgehead atoms. The monoisotopic (exact) mass is 431 g/mol. The molecule has 8 heteroatoms. The smallest absolute Gasteiger partial charge is 0.325 e. The van der Waals surface area contributed by atoms with Crippen molar-refractivity contribution in [2.45, 2.75) is 25.3 Å². The lowest BCUT2D eigenvalue weighted by Gasteiger charge is -2.19. The third-order valence-corrected chi connectivity index (χ3v) is 6.05. The van der Waals surface area contributed by atoms with E-state index in [-0.39, 0.29) is 5.91 Å². The van der Waals surface area contributed by atoms with E-state index in [9.17, 15) is 19.2 Å². The van der Waals surface area contributed by atoms with Gasteiger partial charge in [-0.25, -0.2) is 4.79 Å². The third kappa shape index (κ3) is 3.15. The van der Waals surface area contributed by atoms with Gasteiger partial charge in [-0.15, -0.1) is 0 Å². The van der Waals surface area contributed by atoms with Gasteiger partial charge in [0.05, 0.1) is 6.54 Å². The van der Waals surface area contributed by atoms with Crippen molar-refractivity contribution in [2.75, 3.05) is 18.0 Å². The van der Waals surface area contributed by atoms with Crippen LogP contribution in [0.15, 0.2) is 59.0 Å². The molecule has 0 aliphatic carbocycles. The summed E-state index contributed by atoms with van der Waals surface area (Å²) < 4.78 is 5.81. The van der Waals surface area contributed by atoms with Gasteiger partial charge in [-0.3, -0.25) is 19.3 Å². The first-order valence-electron chi connectivity index (χ1n) is 10.4. The van der Waals surface area contributed by atoms with E-state index >= 15 is 0 Å². The zero-order chi connectivity index (χ0) is 22.5. The number of carbonyl (C=O) groups is 4. The molecule has 5 rings (SSSR count). The number of amides is 4. The Balaban J connectivity index is 1.38. The molecule has 3 heterocycles. The van der Waals surface area contributed by atoms with Crippen LogP contribution in [0.25, 0.3) is 11.0 Å². The van der Waals surface area contributed by atoms with Crippen molar-refractivity contribution in [3.8, 4) is 0 Å². The molecule has 3 aromatic rings. The summed E-state index contributed by atoms with van der Waals surface area (Å²) in [5.41, 5.74) is 0.177. The number of hydrogen-bond donors (Lipinski definition) is 1. The van der Waals surface area contributed by atoms with E-state index in [1.54, 1.807) is 48.2 Å².